The topological polar surface area (TPSA) is 21.3 Å². The van der Waals surface area contributed by atoms with Crippen LogP contribution in [0.15, 0.2) is 0 Å². The maximum Gasteiger partial charge on any atom is 0.0469 e. The maximum atomic E-state index is 5.41. The molecule has 0 radical (unpaired) electrons. The molecule has 0 aromatic carbocycles. The molecular weight excluding hydrogens is 174 g/mol. The third-order valence-electron chi connectivity index (χ3n) is 4.02. The standard InChI is InChI=1S/C12H23NO/c1-13-12(9-10-3-2-4-10)11-5-7-14-8-6-11/h10-13H,2-9H2,1H3. The van der Waals surface area contributed by atoms with Crippen molar-refractivity contribution in [2.45, 2.75) is 44.6 Å². The molecule has 1 heterocycles. The van der Waals surface area contributed by atoms with Gasteiger partial charge in [-0.1, -0.05) is 19.3 Å². The van der Waals surface area contributed by atoms with Gasteiger partial charge in [0.2, 0.25) is 0 Å². The Bertz CT molecular complexity index is 162. The minimum absolute atomic E-state index is 0.754. The summed E-state index contributed by atoms with van der Waals surface area (Å²) >= 11 is 0. The Morgan fingerprint density at radius 1 is 1.21 bits per heavy atom. The third kappa shape index (κ3) is 2.48. The summed E-state index contributed by atoms with van der Waals surface area (Å²) in [7, 11) is 2.12. The Hall–Kier alpha value is -0.0800. The quantitative estimate of drug-likeness (QED) is 0.746. The van der Waals surface area contributed by atoms with E-state index in [2.05, 4.69) is 12.4 Å². The Balaban J connectivity index is 1.77. The van der Waals surface area contributed by atoms with Gasteiger partial charge in [-0.25, -0.2) is 0 Å². The first kappa shape index (κ1) is 10.4. The van der Waals surface area contributed by atoms with Gasteiger partial charge in [0, 0.05) is 19.3 Å². The van der Waals surface area contributed by atoms with Gasteiger partial charge in [-0.2, -0.15) is 0 Å². The van der Waals surface area contributed by atoms with Gasteiger partial charge in [-0.05, 0) is 38.1 Å². The molecule has 2 aliphatic rings. The van der Waals surface area contributed by atoms with Crippen LogP contribution < -0.4 is 5.32 Å². The molecule has 0 amide bonds. The monoisotopic (exact) mass is 197 g/mol. The highest BCUT2D eigenvalue weighted by atomic mass is 16.5. The van der Waals surface area contributed by atoms with Crippen molar-refractivity contribution in [3.05, 3.63) is 0 Å². The minimum atomic E-state index is 0.754. The van der Waals surface area contributed by atoms with Crippen molar-refractivity contribution in [2.24, 2.45) is 11.8 Å². The molecule has 1 saturated heterocycles. The Morgan fingerprint density at radius 3 is 2.43 bits per heavy atom. The first-order valence-electron chi connectivity index (χ1n) is 6.15. The van der Waals surface area contributed by atoms with Gasteiger partial charge in [0.15, 0.2) is 0 Å². The van der Waals surface area contributed by atoms with E-state index in [4.69, 9.17) is 4.74 Å². The van der Waals surface area contributed by atoms with Crippen LogP contribution >= 0.6 is 0 Å². The Kier molecular flexibility index (Phi) is 3.82. The number of hydrogen-bond acceptors (Lipinski definition) is 2. The van der Waals surface area contributed by atoms with Crippen LogP contribution in [0, 0.1) is 11.8 Å². The lowest BCUT2D eigenvalue weighted by atomic mass is 9.77. The van der Waals surface area contributed by atoms with Crippen LogP contribution in [0.4, 0.5) is 0 Å². The van der Waals surface area contributed by atoms with Gasteiger partial charge in [0.1, 0.15) is 0 Å². The fourth-order valence-corrected chi connectivity index (χ4v) is 2.75. The van der Waals surface area contributed by atoms with Crippen LogP contribution in [0.1, 0.15) is 38.5 Å². The van der Waals surface area contributed by atoms with E-state index in [1.54, 1.807) is 0 Å². The van der Waals surface area contributed by atoms with E-state index in [0.29, 0.717) is 0 Å². The zero-order chi connectivity index (χ0) is 9.80. The lowest BCUT2D eigenvalue weighted by molar-refractivity contribution is 0.0488. The van der Waals surface area contributed by atoms with Crippen LogP contribution in [0.5, 0.6) is 0 Å². The van der Waals surface area contributed by atoms with E-state index >= 15 is 0 Å². The molecule has 1 unspecified atom stereocenters. The predicted octanol–water partition coefficient (Wildman–Crippen LogP) is 2.19. The highest BCUT2D eigenvalue weighted by Gasteiger charge is 2.27. The summed E-state index contributed by atoms with van der Waals surface area (Å²) in [5, 5.41) is 3.52. The normalized spacial score (nSPS) is 27.2. The molecule has 0 aromatic rings. The Labute approximate surface area is 87.4 Å². The van der Waals surface area contributed by atoms with Crippen LogP contribution in [0.2, 0.25) is 0 Å². The van der Waals surface area contributed by atoms with Crippen molar-refractivity contribution in [2.75, 3.05) is 20.3 Å². The molecule has 2 heteroatoms. The van der Waals surface area contributed by atoms with E-state index in [0.717, 1.165) is 31.1 Å². The molecule has 2 fully saturated rings. The summed E-state index contributed by atoms with van der Waals surface area (Å²) in [6.45, 7) is 1.96. The van der Waals surface area contributed by atoms with Gasteiger partial charge in [0.25, 0.3) is 0 Å². The molecule has 0 aromatic heterocycles. The van der Waals surface area contributed by atoms with Crippen molar-refractivity contribution in [3.8, 4) is 0 Å². The van der Waals surface area contributed by atoms with Gasteiger partial charge in [-0.15, -0.1) is 0 Å². The molecule has 1 atom stereocenters. The first-order valence-corrected chi connectivity index (χ1v) is 6.15. The molecule has 0 bridgehead atoms. The highest BCUT2D eigenvalue weighted by molar-refractivity contribution is 4.82. The predicted molar refractivity (Wildman–Crippen MR) is 58.3 cm³/mol. The van der Waals surface area contributed by atoms with E-state index in [-0.39, 0.29) is 0 Å². The van der Waals surface area contributed by atoms with E-state index in [1.165, 1.54) is 38.5 Å². The van der Waals surface area contributed by atoms with Gasteiger partial charge >= 0.3 is 0 Å². The first-order chi connectivity index (χ1) is 6.90. The summed E-state index contributed by atoms with van der Waals surface area (Å²) < 4.78 is 5.41. The largest absolute Gasteiger partial charge is 0.381 e. The van der Waals surface area contributed by atoms with Crippen LogP contribution in [-0.2, 0) is 4.74 Å². The lowest BCUT2D eigenvalue weighted by Gasteiger charge is -2.35. The summed E-state index contributed by atoms with van der Waals surface area (Å²) in [5.41, 5.74) is 0. The summed E-state index contributed by atoms with van der Waals surface area (Å²) in [6.07, 6.45) is 8.34. The summed E-state index contributed by atoms with van der Waals surface area (Å²) in [4.78, 5) is 0. The fraction of sp³-hybridized carbons (Fsp3) is 1.00. The number of rotatable bonds is 4. The Morgan fingerprint density at radius 2 is 1.93 bits per heavy atom. The molecule has 1 aliphatic carbocycles. The summed E-state index contributed by atoms with van der Waals surface area (Å²) in [6, 6.07) is 0.754. The second-order valence-electron chi connectivity index (χ2n) is 4.88. The zero-order valence-corrected chi connectivity index (χ0v) is 9.30. The molecule has 2 nitrogen and oxygen atoms in total. The van der Waals surface area contributed by atoms with E-state index in [1.807, 2.05) is 0 Å². The molecule has 2 rings (SSSR count). The van der Waals surface area contributed by atoms with E-state index < -0.39 is 0 Å². The van der Waals surface area contributed by atoms with Crippen molar-refractivity contribution >= 4 is 0 Å². The molecule has 1 N–H and O–H groups in total. The van der Waals surface area contributed by atoms with Crippen molar-refractivity contribution in [1.82, 2.24) is 5.32 Å². The average Bonchev–Trinajstić information content (AvgIpc) is 2.18. The summed E-state index contributed by atoms with van der Waals surface area (Å²) in [5.74, 6) is 1.89. The van der Waals surface area contributed by atoms with Gasteiger partial charge < -0.3 is 10.1 Å². The number of nitrogens with one attached hydrogen (secondary N) is 1. The third-order valence-corrected chi connectivity index (χ3v) is 4.02. The number of hydrogen-bond donors (Lipinski definition) is 1. The van der Waals surface area contributed by atoms with Crippen LogP contribution in [0.25, 0.3) is 0 Å². The molecule has 1 aliphatic heterocycles. The van der Waals surface area contributed by atoms with Crippen LogP contribution in [0.3, 0.4) is 0 Å². The van der Waals surface area contributed by atoms with E-state index in [9.17, 15) is 0 Å². The molecule has 1 saturated carbocycles. The molecule has 0 spiro atoms. The van der Waals surface area contributed by atoms with Gasteiger partial charge in [0.05, 0.1) is 0 Å². The second kappa shape index (κ2) is 5.13. The average molecular weight is 197 g/mol. The number of ether oxygens (including phenoxy) is 1. The molecule has 14 heavy (non-hydrogen) atoms. The van der Waals surface area contributed by atoms with Crippen molar-refractivity contribution in [1.29, 1.82) is 0 Å². The van der Waals surface area contributed by atoms with Gasteiger partial charge in [-0.3, -0.25) is 0 Å². The molecular formula is C12H23NO. The lowest BCUT2D eigenvalue weighted by Crippen LogP contribution is -2.39. The van der Waals surface area contributed by atoms with Crippen molar-refractivity contribution in [3.63, 3.8) is 0 Å². The maximum absolute atomic E-state index is 5.41. The fourth-order valence-electron chi connectivity index (χ4n) is 2.75. The highest BCUT2D eigenvalue weighted by Crippen LogP contribution is 2.33. The van der Waals surface area contributed by atoms with Crippen LogP contribution in [-0.4, -0.2) is 26.3 Å². The minimum Gasteiger partial charge on any atom is -0.381 e. The SMILES string of the molecule is CNC(CC1CCC1)C1CCOCC1. The molecule has 82 valence electrons. The van der Waals surface area contributed by atoms with Crippen molar-refractivity contribution < 1.29 is 4.74 Å². The second-order valence-corrected chi connectivity index (χ2v) is 4.88. The smallest absolute Gasteiger partial charge is 0.0469 e. The zero-order valence-electron chi connectivity index (χ0n) is 9.30.